The zero-order valence-corrected chi connectivity index (χ0v) is 11.1. The summed E-state index contributed by atoms with van der Waals surface area (Å²) < 4.78 is 0. The predicted octanol–water partition coefficient (Wildman–Crippen LogP) is 4.44. The first-order valence-electron chi connectivity index (χ1n) is 5.67. The van der Waals surface area contributed by atoms with E-state index in [9.17, 15) is 4.79 Å². The average Bonchev–Trinajstić information content (AvgIpc) is 2.57. The maximum Gasteiger partial charge on any atom is 0.165 e. The number of carbonyl (C=O) groups is 1. The van der Waals surface area contributed by atoms with Crippen molar-refractivity contribution >= 4 is 28.3 Å². The second-order valence-electron chi connectivity index (χ2n) is 5.55. The van der Waals surface area contributed by atoms with Crippen molar-refractivity contribution in [2.24, 2.45) is 5.41 Å². The smallest absolute Gasteiger partial charge is 0.165 e. The zero-order chi connectivity index (χ0) is 12.6. The number of hydrogen-bond acceptors (Lipinski definition) is 1. The quantitative estimate of drug-likeness (QED) is 0.784. The van der Waals surface area contributed by atoms with Crippen LogP contribution >= 0.6 is 11.6 Å². The molecule has 1 heterocycles. The van der Waals surface area contributed by atoms with Gasteiger partial charge >= 0.3 is 0 Å². The summed E-state index contributed by atoms with van der Waals surface area (Å²) in [6, 6.07) is 5.55. The Bertz CT molecular complexity index is 563. The van der Waals surface area contributed by atoms with Crippen molar-refractivity contribution < 1.29 is 4.79 Å². The highest BCUT2D eigenvalue weighted by Gasteiger charge is 2.19. The highest BCUT2D eigenvalue weighted by Crippen LogP contribution is 2.27. The molecule has 1 aromatic carbocycles. The van der Waals surface area contributed by atoms with Gasteiger partial charge in [-0.25, -0.2) is 0 Å². The van der Waals surface area contributed by atoms with Crippen molar-refractivity contribution in [3.8, 4) is 0 Å². The molecule has 0 bridgehead atoms. The number of hydrogen-bond donors (Lipinski definition) is 1. The van der Waals surface area contributed by atoms with E-state index in [0.29, 0.717) is 11.4 Å². The Labute approximate surface area is 106 Å². The van der Waals surface area contributed by atoms with Crippen molar-refractivity contribution in [2.75, 3.05) is 0 Å². The topological polar surface area (TPSA) is 32.9 Å². The monoisotopic (exact) mass is 249 g/mol. The van der Waals surface area contributed by atoms with Gasteiger partial charge in [0.1, 0.15) is 0 Å². The van der Waals surface area contributed by atoms with Gasteiger partial charge < -0.3 is 4.98 Å². The molecule has 2 rings (SSSR count). The molecule has 2 nitrogen and oxygen atoms in total. The van der Waals surface area contributed by atoms with E-state index < -0.39 is 0 Å². The molecule has 0 unspecified atom stereocenters. The summed E-state index contributed by atoms with van der Waals surface area (Å²) in [6.07, 6.45) is 2.31. The molecule has 0 aliphatic heterocycles. The summed E-state index contributed by atoms with van der Waals surface area (Å²) in [5.74, 6) is 0.158. The van der Waals surface area contributed by atoms with Gasteiger partial charge in [-0.3, -0.25) is 4.79 Å². The maximum atomic E-state index is 12.2. The zero-order valence-electron chi connectivity index (χ0n) is 10.3. The average molecular weight is 250 g/mol. The molecule has 0 aliphatic carbocycles. The van der Waals surface area contributed by atoms with E-state index in [1.807, 2.05) is 18.2 Å². The van der Waals surface area contributed by atoms with Crippen molar-refractivity contribution in [1.82, 2.24) is 4.98 Å². The number of halogens is 1. The largest absolute Gasteiger partial charge is 0.360 e. The van der Waals surface area contributed by atoms with E-state index in [4.69, 9.17) is 11.6 Å². The second kappa shape index (κ2) is 4.19. The van der Waals surface area contributed by atoms with Crippen LogP contribution in [0, 0.1) is 5.41 Å². The summed E-state index contributed by atoms with van der Waals surface area (Å²) in [6.45, 7) is 6.19. The minimum absolute atomic E-state index is 0.000742. The molecule has 0 amide bonds. The van der Waals surface area contributed by atoms with Crippen LogP contribution in [0.1, 0.15) is 37.6 Å². The van der Waals surface area contributed by atoms with E-state index in [0.717, 1.165) is 16.5 Å². The summed E-state index contributed by atoms with van der Waals surface area (Å²) in [7, 11) is 0. The van der Waals surface area contributed by atoms with Crippen molar-refractivity contribution in [3.05, 3.63) is 35.0 Å². The first-order chi connectivity index (χ1) is 7.87. The Balaban J connectivity index is 2.42. The summed E-state index contributed by atoms with van der Waals surface area (Å²) in [4.78, 5) is 15.3. The summed E-state index contributed by atoms with van der Waals surface area (Å²) >= 11 is 5.96. The molecule has 0 radical (unpaired) electrons. The number of rotatable bonds is 2. The normalized spacial score (nSPS) is 12.0. The molecule has 0 fully saturated rings. The molecular formula is C14H16ClNO. The van der Waals surface area contributed by atoms with E-state index in [-0.39, 0.29) is 11.2 Å². The Morgan fingerprint density at radius 3 is 2.71 bits per heavy atom. The van der Waals surface area contributed by atoms with E-state index in [1.165, 1.54) is 0 Å². The lowest BCUT2D eigenvalue weighted by molar-refractivity contribution is 0.0941. The van der Waals surface area contributed by atoms with Crippen LogP contribution in [0.15, 0.2) is 24.4 Å². The van der Waals surface area contributed by atoms with E-state index >= 15 is 0 Å². The molecule has 3 heteroatoms. The molecule has 0 atom stereocenters. The molecule has 1 N–H and O–H groups in total. The van der Waals surface area contributed by atoms with Crippen LogP contribution in [0.3, 0.4) is 0 Å². The maximum absolute atomic E-state index is 12.2. The molecule has 1 aromatic heterocycles. The van der Waals surface area contributed by atoms with Gasteiger partial charge in [0.15, 0.2) is 5.78 Å². The van der Waals surface area contributed by atoms with Crippen LogP contribution in [0.4, 0.5) is 0 Å². The predicted molar refractivity (Wildman–Crippen MR) is 71.7 cm³/mol. The molecule has 0 spiro atoms. The molecule has 0 saturated carbocycles. The van der Waals surface area contributed by atoms with Crippen molar-refractivity contribution in [3.63, 3.8) is 0 Å². The number of aromatic amines is 1. The van der Waals surface area contributed by atoms with Gasteiger partial charge in [-0.15, -0.1) is 0 Å². The van der Waals surface area contributed by atoms with E-state index in [2.05, 4.69) is 25.8 Å². The SMILES string of the molecule is CC(C)(C)CC(=O)c1c[nH]c2ccc(Cl)cc12. The van der Waals surface area contributed by atoms with E-state index in [1.54, 1.807) is 6.20 Å². The molecule has 0 aliphatic rings. The second-order valence-corrected chi connectivity index (χ2v) is 5.99. The third-order valence-electron chi connectivity index (χ3n) is 2.64. The number of aromatic nitrogens is 1. The lowest BCUT2D eigenvalue weighted by atomic mass is 9.88. The van der Waals surface area contributed by atoms with Crippen molar-refractivity contribution in [1.29, 1.82) is 0 Å². The molecule has 0 saturated heterocycles. The lowest BCUT2D eigenvalue weighted by Crippen LogP contribution is -2.12. The minimum Gasteiger partial charge on any atom is -0.360 e. The Morgan fingerprint density at radius 1 is 1.35 bits per heavy atom. The molecule has 17 heavy (non-hydrogen) atoms. The molecule has 90 valence electrons. The Kier molecular flexibility index (Phi) is 3.00. The number of benzene rings is 1. The van der Waals surface area contributed by atoms with Crippen molar-refractivity contribution in [2.45, 2.75) is 27.2 Å². The van der Waals surface area contributed by atoms with Crippen LogP contribution in [0.5, 0.6) is 0 Å². The molecule has 2 aromatic rings. The number of carbonyl (C=O) groups excluding carboxylic acids is 1. The third-order valence-corrected chi connectivity index (χ3v) is 2.87. The van der Waals surface area contributed by atoms with Crippen LogP contribution in [-0.4, -0.2) is 10.8 Å². The van der Waals surface area contributed by atoms with Gasteiger partial charge in [0.05, 0.1) is 0 Å². The Hall–Kier alpha value is -1.28. The lowest BCUT2D eigenvalue weighted by Gasteiger charge is -2.16. The first-order valence-corrected chi connectivity index (χ1v) is 6.04. The number of fused-ring (bicyclic) bond motifs is 1. The fourth-order valence-corrected chi connectivity index (χ4v) is 2.07. The highest BCUT2D eigenvalue weighted by molar-refractivity contribution is 6.31. The fourth-order valence-electron chi connectivity index (χ4n) is 1.90. The third kappa shape index (κ3) is 2.70. The highest BCUT2D eigenvalue weighted by atomic mass is 35.5. The number of Topliss-reactive ketones (excluding diaryl/α,β-unsaturated/α-hetero) is 1. The summed E-state index contributed by atoms with van der Waals surface area (Å²) in [5.41, 5.74) is 1.68. The van der Waals surface area contributed by atoms with Crippen LogP contribution < -0.4 is 0 Å². The van der Waals surface area contributed by atoms with Gasteiger partial charge in [0.2, 0.25) is 0 Å². The number of H-pyrrole nitrogens is 1. The molecular weight excluding hydrogens is 234 g/mol. The van der Waals surface area contributed by atoms with Crippen LogP contribution in [-0.2, 0) is 0 Å². The number of nitrogens with one attached hydrogen (secondary N) is 1. The van der Waals surface area contributed by atoms with Gasteiger partial charge in [-0.2, -0.15) is 0 Å². The van der Waals surface area contributed by atoms with Crippen LogP contribution in [0.2, 0.25) is 5.02 Å². The first kappa shape index (κ1) is 12.2. The summed E-state index contributed by atoms with van der Waals surface area (Å²) in [5, 5.41) is 1.56. The minimum atomic E-state index is -0.000742. The van der Waals surface area contributed by atoms with Gasteiger partial charge in [-0.1, -0.05) is 32.4 Å². The van der Waals surface area contributed by atoms with Gasteiger partial charge in [0.25, 0.3) is 0 Å². The van der Waals surface area contributed by atoms with Gasteiger partial charge in [-0.05, 0) is 23.6 Å². The number of ketones is 1. The standard InChI is InChI=1S/C14H16ClNO/c1-14(2,3)7-13(17)11-8-16-12-5-4-9(15)6-10(11)12/h4-6,8,16H,7H2,1-3H3. The fraction of sp³-hybridized carbons (Fsp3) is 0.357. The van der Waals surface area contributed by atoms with Crippen LogP contribution in [0.25, 0.3) is 10.9 Å². The van der Waals surface area contributed by atoms with Gasteiger partial charge in [0, 0.05) is 34.1 Å². The Morgan fingerprint density at radius 2 is 2.06 bits per heavy atom.